The molecule has 1 aliphatic carbocycles. The molecule has 1 aromatic rings. The van der Waals surface area contributed by atoms with Crippen molar-refractivity contribution < 1.29 is 18.0 Å². The van der Waals surface area contributed by atoms with Gasteiger partial charge in [-0.3, -0.25) is 4.79 Å². The van der Waals surface area contributed by atoms with Crippen molar-refractivity contribution in [2.45, 2.75) is 44.7 Å². The highest BCUT2D eigenvalue weighted by Gasteiger charge is 2.32. The van der Waals surface area contributed by atoms with Crippen LogP contribution >= 0.6 is 0 Å². The average Bonchev–Trinajstić information content (AvgIpc) is 3.02. The molecule has 0 aliphatic heterocycles. The van der Waals surface area contributed by atoms with Crippen LogP contribution in [-0.4, -0.2) is 12.5 Å². The highest BCUT2D eigenvalue weighted by molar-refractivity contribution is 5.76. The minimum atomic E-state index is -4.42. The van der Waals surface area contributed by atoms with E-state index in [4.69, 9.17) is 0 Å². The Labute approximate surface area is 134 Å². The summed E-state index contributed by atoms with van der Waals surface area (Å²) in [5.41, 5.74) is -0.819. The molecule has 0 radical (unpaired) electrons. The quantitative estimate of drug-likeness (QED) is 0.829. The topological polar surface area (TPSA) is 29.1 Å². The predicted octanol–water partition coefficient (Wildman–Crippen LogP) is 4.14. The highest BCUT2D eigenvalue weighted by Crippen LogP contribution is 2.31. The van der Waals surface area contributed by atoms with E-state index in [0.29, 0.717) is 12.3 Å². The molecule has 1 N–H and O–H groups in total. The number of amides is 1. The Morgan fingerprint density at radius 1 is 1.22 bits per heavy atom. The normalized spacial score (nSPS) is 15.1. The standard InChI is InChI=1S/C18H20F3NO/c19-18(20,21)16-10-4-3-8-15(16)9-5-13-22-17(23)12-11-14-6-1-2-7-14/h3-4,8,10,14H,1-2,6-7,11-13H2,(H,22,23). The smallest absolute Gasteiger partial charge is 0.345 e. The lowest BCUT2D eigenvalue weighted by Gasteiger charge is -2.08. The molecule has 0 unspecified atom stereocenters. The zero-order chi connectivity index (χ0) is 16.7. The summed E-state index contributed by atoms with van der Waals surface area (Å²) >= 11 is 0. The summed E-state index contributed by atoms with van der Waals surface area (Å²) in [5.74, 6) is 5.64. The first-order chi connectivity index (χ1) is 11.0. The van der Waals surface area contributed by atoms with Crippen molar-refractivity contribution in [1.82, 2.24) is 5.32 Å². The van der Waals surface area contributed by atoms with Gasteiger partial charge in [-0.1, -0.05) is 49.7 Å². The van der Waals surface area contributed by atoms with E-state index in [-0.39, 0.29) is 18.0 Å². The highest BCUT2D eigenvalue weighted by atomic mass is 19.4. The minimum Gasteiger partial charge on any atom is -0.345 e. The van der Waals surface area contributed by atoms with Crippen molar-refractivity contribution in [3.8, 4) is 11.8 Å². The summed E-state index contributed by atoms with van der Waals surface area (Å²) in [7, 11) is 0. The van der Waals surface area contributed by atoms with Gasteiger partial charge < -0.3 is 5.32 Å². The number of carbonyl (C=O) groups is 1. The van der Waals surface area contributed by atoms with Gasteiger partial charge in [-0.2, -0.15) is 13.2 Å². The first-order valence-corrected chi connectivity index (χ1v) is 7.88. The molecule has 5 heteroatoms. The number of rotatable bonds is 4. The molecular formula is C18H20F3NO. The molecule has 0 aromatic heterocycles. The van der Waals surface area contributed by atoms with Crippen LogP contribution in [0.3, 0.4) is 0 Å². The zero-order valence-electron chi connectivity index (χ0n) is 12.9. The lowest BCUT2D eigenvalue weighted by molar-refractivity contribution is -0.137. The Bertz CT molecular complexity index is 592. The number of nitrogens with one attached hydrogen (secondary N) is 1. The summed E-state index contributed by atoms with van der Waals surface area (Å²) in [4.78, 5) is 11.7. The van der Waals surface area contributed by atoms with E-state index in [0.717, 1.165) is 12.5 Å². The lowest BCUT2D eigenvalue weighted by Crippen LogP contribution is -2.23. The lowest BCUT2D eigenvalue weighted by atomic mass is 10.0. The fraction of sp³-hybridized carbons (Fsp3) is 0.500. The van der Waals surface area contributed by atoms with Crippen LogP contribution in [0.4, 0.5) is 13.2 Å². The second-order valence-electron chi connectivity index (χ2n) is 5.81. The molecule has 23 heavy (non-hydrogen) atoms. The summed E-state index contributed by atoms with van der Waals surface area (Å²) in [6.07, 6.45) is 1.81. The second-order valence-corrected chi connectivity index (χ2v) is 5.81. The maximum absolute atomic E-state index is 12.8. The SMILES string of the molecule is O=C(CCC1CCCC1)NCC#Cc1ccccc1C(F)(F)F. The Hall–Kier alpha value is -1.96. The molecule has 1 amide bonds. The van der Waals surface area contributed by atoms with Gasteiger partial charge in [-0.25, -0.2) is 0 Å². The van der Waals surface area contributed by atoms with Gasteiger partial charge in [0.1, 0.15) is 0 Å². The van der Waals surface area contributed by atoms with Gasteiger partial charge in [0.05, 0.1) is 12.1 Å². The van der Waals surface area contributed by atoms with Crippen LogP contribution in [0.1, 0.15) is 49.7 Å². The summed E-state index contributed by atoms with van der Waals surface area (Å²) < 4.78 is 38.4. The van der Waals surface area contributed by atoms with Crippen LogP contribution in [0, 0.1) is 17.8 Å². The third-order valence-electron chi connectivity index (χ3n) is 4.08. The average molecular weight is 323 g/mol. The molecule has 0 atom stereocenters. The van der Waals surface area contributed by atoms with Crippen LogP contribution in [0.5, 0.6) is 0 Å². The molecule has 2 nitrogen and oxygen atoms in total. The Balaban J connectivity index is 1.80. The molecule has 1 fully saturated rings. The zero-order valence-corrected chi connectivity index (χ0v) is 12.9. The maximum atomic E-state index is 12.8. The monoisotopic (exact) mass is 323 g/mol. The van der Waals surface area contributed by atoms with Crippen molar-refractivity contribution in [2.75, 3.05) is 6.54 Å². The Morgan fingerprint density at radius 2 is 1.91 bits per heavy atom. The van der Waals surface area contributed by atoms with Crippen LogP contribution in [-0.2, 0) is 11.0 Å². The van der Waals surface area contributed by atoms with E-state index in [1.54, 1.807) is 0 Å². The fourth-order valence-corrected chi connectivity index (χ4v) is 2.84. The molecule has 0 bridgehead atoms. The molecular weight excluding hydrogens is 303 g/mol. The van der Waals surface area contributed by atoms with Crippen LogP contribution in [0.2, 0.25) is 0 Å². The van der Waals surface area contributed by atoms with Crippen LogP contribution < -0.4 is 5.32 Å². The summed E-state index contributed by atoms with van der Waals surface area (Å²) in [6.45, 7) is 0.0652. The van der Waals surface area contributed by atoms with Gasteiger partial charge in [0.25, 0.3) is 0 Å². The van der Waals surface area contributed by atoms with Crippen LogP contribution in [0.15, 0.2) is 24.3 Å². The Kier molecular flexibility index (Phi) is 6.09. The molecule has 1 aromatic carbocycles. The number of hydrogen-bond donors (Lipinski definition) is 1. The minimum absolute atomic E-state index is 0.0652. The van der Waals surface area contributed by atoms with Crippen molar-refractivity contribution >= 4 is 5.91 Å². The first kappa shape index (κ1) is 17.4. The van der Waals surface area contributed by atoms with Crippen molar-refractivity contribution in [3.05, 3.63) is 35.4 Å². The van der Waals surface area contributed by atoms with Gasteiger partial charge in [-0.15, -0.1) is 0 Å². The van der Waals surface area contributed by atoms with Crippen molar-refractivity contribution in [2.24, 2.45) is 5.92 Å². The van der Waals surface area contributed by atoms with Crippen molar-refractivity contribution in [3.63, 3.8) is 0 Å². The number of alkyl halides is 3. The predicted molar refractivity (Wildman–Crippen MR) is 82.5 cm³/mol. The number of hydrogen-bond acceptors (Lipinski definition) is 1. The van der Waals surface area contributed by atoms with E-state index >= 15 is 0 Å². The molecule has 124 valence electrons. The molecule has 1 saturated carbocycles. The van der Waals surface area contributed by atoms with Gasteiger partial charge in [0.2, 0.25) is 5.91 Å². The van der Waals surface area contributed by atoms with E-state index in [1.807, 2.05) is 0 Å². The number of benzene rings is 1. The molecule has 2 rings (SSSR count). The summed E-state index contributed by atoms with van der Waals surface area (Å²) in [6, 6.07) is 5.18. The van der Waals surface area contributed by atoms with Crippen molar-refractivity contribution in [1.29, 1.82) is 0 Å². The third kappa shape index (κ3) is 5.63. The molecule has 0 saturated heterocycles. The van der Waals surface area contributed by atoms with E-state index in [1.165, 1.54) is 43.9 Å². The van der Waals surface area contributed by atoms with E-state index in [2.05, 4.69) is 17.2 Å². The van der Waals surface area contributed by atoms with Gasteiger partial charge in [-0.05, 0) is 24.5 Å². The number of carbonyl (C=O) groups excluding carboxylic acids is 1. The molecule has 0 spiro atoms. The Morgan fingerprint density at radius 3 is 2.61 bits per heavy atom. The van der Waals surface area contributed by atoms with Crippen LogP contribution in [0.25, 0.3) is 0 Å². The second kappa shape index (κ2) is 8.05. The fourth-order valence-electron chi connectivity index (χ4n) is 2.84. The molecule has 1 aliphatic rings. The van der Waals surface area contributed by atoms with E-state index < -0.39 is 11.7 Å². The third-order valence-corrected chi connectivity index (χ3v) is 4.08. The van der Waals surface area contributed by atoms with Gasteiger partial charge >= 0.3 is 6.18 Å². The van der Waals surface area contributed by atoms with Gasteiger partial charge in [0, 0.05) is 12.0 Å². The van der Waals surface area contributed by atoms with E-state index in [9.17, 15) is 18.0 Å². The first-order valence-electron chi connectivity index (χ1n) is 7.88. The largest absolute Gasteiger partial charge is 0.417 e. The molecule has 0 heterocycles. The van der Waals surface area contributed by atoms with Gasteiger partial charge in [0.15, 0.2) is 0 Å². The number of halogens is 3. The summed E-state index contributed by atoms with van der Waals surface area (Å²) in [5, 5.41) is 2.64. The maximum Gasteiger partial charge on any atom is 0.417 e.